The van der Waals surface area contributed by atoms with Gasteiger partial charge in [0.2, 0.25) is 14.7 Å². The van der Waals surface area contributed by atoms with Gasteiger partial charge in [0.05, 0.1) is 4.90 Å². The summed E-state index contributed by atoms with van der Waals surface area (Å²) in [6.07, 6.45) is 0.933. The molecule has 0 saturated carbocycles. The Morgan fingerprint density at radius 3 is 2.32 bits per heavy atom. The van der Waals surface area contributed by atoms with E-state index in [4.69, 9.17) is 5.73 Å². The lowest BCUT2D eigenvalue weighted by atomic mass is 10.1. The molecule has 0 amide bonds. The maximum absolute atomic E-state index is 13.2. The van der Waals surface area contributed by atoms with Gasteiger partial charge in [-0.1, -0.05) is 44.0 Å². The van der Waals surface area contributed by atoms with Gasteiger partial charge in [-0.3, -0.25) is 0 Å². The van der Waals surface area contributed by atoms with Crippen molar-refractivity contribution in [2.75, 3.05) is 19.0 Å². The first-order chi connectivity index (χ1) is 11.7. The molecule has 1 atom stereocenters. The van der Waals surface area contributed by atoms with Gasteiger partial charge in [0.15, 0.2) is 0 Å². The summed E-state index contributed by atoms with van der Waals surface area (Å²) in [6.45, 7) is 1.86. The van der Waals surface area contributed by atoms with E-state index in [2.05, 4.69) is 0 Å². The van der Waals surface area contributed by atoms with Crippen LogP contribution in [0.4, 0.5) is 5.69 Å². The third-order valence-corrected chi connectivity index (χ3v) is 6.65. The number of anilines is 1. The molecule has 0 saturated heterocycles. The van der Waals surface area contributed by atoms with Crippen LogP contribution in [-0.2, 0) is 14.6 Å². The molecule has 1 unspecified atom stereocenters. The molecule has 0 spiro atoms. The number of hydrogen-bond donors (Lipinski definition) is 2. The molecule has 2 aromatic rings. The van der Waals surface area contributed by atoms with E-state index in [9.17, 15) is 18.3 Å². The predicted octanol–water partition coefficient (Wildman–Crippen LogP) is 2.61. The zero-order chi connectivity index (χ0) is 18.8. The lowest BCUT2D eigenvalue weighted by Gasteiger charge is -2.26. The summed E-state index contributed by atoms with van der Waals surface area (Å²) in [5, 5.41) is 10.8. The van der Waals surface area contributed by atoms with Crippen molar-refractivity contribution in [3.8, 4) is 0 Å². The summed E-state index contributed by atoms with van der Waals surface area (Å²) >= 11 is 0. The monoisotopic (exact) mass is 364 g/mol. The minimum atomic E-state index is -4.28. The zero-order valence-corrected chi connectivity index (χ0v) is 15.5. The number of carbonyl (C=O) groups is 1. The Kier molecular flexibility index (Phi) is 5.39. The van der Waals surface area contributed by atoms with E-state index in [1.807, 2.05) is 38.1 Å². The van der Waals surface area contributed by atoms with Crippen LogP contribution in [-0.4, -0.2) is 38.5 Å². The highest BCUT2D eigenvalue weighted by atomic mass is 32.2. The standard InChI is InChI=1S/C18H24N2O4S/c1-4-5-12-18(19,17(21)22)25(23,24)16-11-7-8-13-14(16)9-6-10-15(13)20(2)3/h6-11H,4-5,12,19H2,1-3H3,(H,21,22). The van der Waals surface area contributed by atoms with E-state index in [1.165, 1.54) is 6.07 Å². The molecule has 2 aromatic carbocycles. The van der Waals surface area contributed by atoms with Crippen LogP contribution < -0.4 is 10.6 Å². The van der Waals surface area contributed by atoms with Crippen molar-refractivity contribution in [2.24, 2.45) is 5.73 Å². The second kappa shape index (κ2) is 7.01. The molecule has 0 heterocycles. The van der Waals surface area contributed by atoms with E-state index in [1.54, 1.807) is 18.2 Å². The number of fused-ring (bicyclic) bond motifs is 1. The number of carboxylic acid groups (broad SMARTS) is 1. The Hall–Kier alpha value is -2.12. The van der Waals surface area contributed by atoms with Crippen LogP contribution in [0.3, 0.4) is 0 Å². The van der Waals surface area contributed by atoms with Gasteiger partial charge in [-0.25, -0.2) is 13.2 Å². The largest absolute Gasteiger partial charge is 0.479 e. The first-order valence-corrected chi connectivity index (χ1v) is 9.61. The number of nitrogens with zero attached hydrogens (tertiary/aromatic N) is 1. The first kappa shape index (κ1) is 19.2. The van der Waals surface area contributed by atoms with Crippen molar-refractivity contribution < 1.29 is 18.3 Å². The highest BCUT2D eigenvalue weighted by Crippen LogP contribution is 2.35. The molecule has 0 radical (unpaired) electrons. The number of unbranched alkanes of at least 4 members (excludes halogenated alkanes) is 1. The van der Waals surface area contributed by atoms with Gasteiger partial charge in [-0.05, 0) is 18.6 Å². The summed E-state index contributed by atoms with van der Waals surface area (Å²) in [5.41, 5.74) is 6.78. The Morgan fingerprint density at radius 1 is 1.16 bits per heavy atom. The van der Waals surface area contributed by atoms with Gasteiger partial charge in [0.1, 0.15) is 0 Å². The molecular weight excluding hydrogens is 340 g/mol. The molecular formula is C18H24N2O4S. The molecule has 136 valence electrons. The number of aliphatic carboxylic acids is 1. The quantitative estimate of drug-likeness (QED) is 0.783. The van der Waals surface area contributed by atoms with Crippen LogP contribution in [0, 0.1) is 0 Å². The molecule has 2 rings (SSSR count). The predicted molar refractivity (Wildman–Crippen MR) is 99.5 cm³/mol. The third-order valence-electron chi connectivity index (χ3n) is 4.37. The van der Waals surface area contributed by atoms with Crippen LogP contribution in [0.25, 0.3) is 10.8 Å². The second-order valence-corrected chi connectivity index (χ2v) is 8.50. The molecule has 3 N–H and O–H groups in total. The average molecular weight is 364 g/mol. The van der Waals surface area contributed by atoms with E-state index >= 15 is 0 Å². The SMILES string of the molecule is CCCCC(N)(C(=O)O)S(=O)(=O)c1cccc2c(N(C)C)cccc12. The van der Waals surface area contributed by atoms with Crippen molar-refractivity contribution >= 4 is 32.3 Å². The van der Waals surface area contributed by atoms with Gasteiger partial charge < -0.3 is 15.7 Å². The van der Waals surface area contributed by atoms with Crippen molar-refractivity contribution in [3.63, 3.8) is 0 Å². The fraction of sp³-hybridized carbons (Fsp3) is 0.389. The van der Waals surface area contributed by atoms with E-state index in [-0.39, 0.29) is 11.3 Å². The Morgan fingerprint density at radius 2 is 1.76 bits per heavy atom. The maximum Gasteiger partial charge on any atom is 0.339 e. The van der Waals surface area contributed by atoms with Gasteiger partial charge in [-0.2, -0.15) is 0 Å². The van der Waals surface area contributed by atoms with Gasteiger partial charge in [0, 0.05) is 30.6 Å². The number of nitrogens with two attached hydrogens (primary N) is 1. The number of sulfone groups is 1. The van der Waals surface area contributed by atoms with Crippen LogP contribution >= 0.6 is 0 Å². The van der Waals surface area contributed by atoms with E-state index in [0.717, 1.165) is 11.1 Å². The number of rotatable bonds is 7. The molecule has 0 bridgehead atoms. The zero-order valence-electron chi connectivity index (χ0n) is 14.7. The molecule has 7 heteroatoms. The van der Waals surface area contributed by atoms with Crippen LogP contribution in [0.5, 0.6) is 0 Å². The van der Waals surface area contributed by atoms with Crippen LogP contribution in [0.2, 0.25) is 0 Å². The summed E-state index contributed by atoms with van der Waals surface area (Å²) in [5.74, 6) is -1.53. The van der Waals surface area contributed by atoms with Gasteiger partial charge in [0.25, 0.3) is 0 Å². The Labute approximate surface area is 148 Å². The third kappa shape index (κ3) is 3.21. The fourth-order valence-corrected chi connectivity index (χ4v) is 4.64. The second-order valence-electron chi connectivity index (χ2n) is 6.32. The minimum absolute atomic E-state index is 0.0466. The normalized spacial score (nSPS) is 14.2. The van der Waals surface area contributed by atoms with Crippen molar-refractivity contribution in [2.45, 2.75) is 36.0 Å². The summed E-state index contributed by atoms with van der Waals surface area (Å²) in [6, 6.07) is 10.2. The summed E-state index contributed by atoms with van der Waals surface area (Å²) in [4.78, 5) is 11.2. The summed E-state index contributed by atoms with van der Waals surface area (Å²) < 4.78 is 26.4. The number of benzene rings is 2. The van der Waals surface area contributed by atoms with Crippen LogP contribution in [0.15, 0.2) is 41.3 Å². The van der Waals surface area contributed by atoms with E-state index in [0.29, 0.717) is 18.2 Å². The van der Waals surface area contributed by atoms with E-state index < -0.39 is 20.7 Å². The minimum Gasteiger partial charge on any atom is -0.479 e. The molecule has 25 heavy (non-hydrogen) atoms. The molecule has 0 aromatic heterocycles. The van der Waals surface area contributed by atoms with Gasteiger partial charge >= 0.3 is 5.97 Å². The molecule has 0 aliphatic heterocycles. The Bertz CT molecular complexity index is 893. The highest BCUT2D eigenvalue weighted by Gasteiger charge is 2.48. The van der Waals surface area contributed by atoms with Crippen LogP contribution in [0.1, 0.15) is 26.2 Å². The number of hydrogen-bond acceptors (Lipinski definition) is 5. The Balaban J connectivity index is 2.75. The molecule has 0 aliphatic rings. The topological polar surface area (TPSA) is 101 Å². The lowest BCUT2D eigenvalue weighted by Crippen LogP contribution is -2.54. The maximum atomic E-state index is 13.2. The smallest absolute Gasteiger partial charge is 0.339 e. The molecule has 6 nitrogen and oxygen atoms in total. The highest BCUT2D eigenvalue weighted by molar-refractivity contribution is 7.93. The van der Waals surface area contributed by atoms with Gasteiger partial charge in [-0.15, -0.1) is 0 Å². The molecule has 0 fully saturated rings. The lowest BCUT2D eigenvalue weighted by molar-refractivity contribution is -0.140. The van der Waals surface area contributed by atoms with Crippen molar-refractivity contribution in [1.82, 2.24) is 0 Å². The van der Waals surface area contributed by atoms with Crippen molar-refractivity contribution in [1.29, 1.82) is 0 Å². The first-order valence-electron chi connectivity index (χ1n) is 8.12. The average Bonchev–Trinajstić information content (AvgIpc) is 2.57. The van der Waals surface area contributed by atoms with Crippen molar-refractivity contribution in [3.05, 3.63) is 36.4 Å². The fourth-order valence-electron chi connectivity index (χ4n) is 2.88. The summed E-state index contributed by atoms with van der Waals surface area (Å²) in [7, 11) is -0.556. The number of carboxylic acids is 1. The molecule has 0 aliphatic carbocycles.